The van der Waals surface area contributed by atoms with Crippen molar-refractivity contribution < 1.29 is 22.7 Å². The molecule has 1 aromatic carbocycles. The van der Waals surface area contributed by atoms with Crippen molar-refractivity contribution in [1.29, 1.82) is 0 Å². The van der Waals surface area contributed by atoms with E-state index in [1.54, 1.807) is 44.0 Å². The molecule has 3 heterocycles. The highest BCUT2D eigenvalue weighted by molar-refractivity contribution is 5.69. The fraction of sp³-hybridized carbons (Fsp3) is 0.409. The minimum atomic E-state index is -4.49. The first kappa shape index (κ1) is 21.9. The molecular weight excluding hydrogens is 423 g/mol. The van der Waals surface area contributed by atoms with Gasteiger partial charge in [-0.3, -0.25) is 0 Å². The van der Waals surface area contributed by atoms with Gasteiger partial charge < -0.3 is 15.0 Å². The van der Waals surface area contributed by atoms with E-state index in [1.807, 2.05) is 30.3 Å². The number of hydrogen-bond acceptors (Lipinski definition) is 5. The highest BCUT2D eigenvalue weighted by Crippen LogP contribution is 2.37. The van der Waals surface area contributed by atoms with E-state index in [0.717, 1.165) is 5.56 Å². The maximum Gasteiger partial charge on any atom is 0.407 e. The summed E-state index contributed by atoms with van der Waals surface area (Å²) in [4.78, 5) is 18.3. The van der Waals surface area contributed by atoms with Crippen LogP contribution < -0.4 is 10.2 Å². The smallest absolute Gasteiger partial charge is 0.407 e. The molecule has 1 amide bonds. The highest BCUT2D eigenvalue weighted by Gasteiger charge is 2.51. The molecule has 1 aliphatic heterocycles. The summed E-state index contributed by atoms with van der Waals surface area (Å²) in [5.74, 6) is -1.28. The molecule has 2 aromatic heterocycles. The predicted molar refractivity (Wildman–Crippen MR) is 113 cm³/mol. The topological polar surface area (TPSA) is 71.8 Å². The highest BCUT2D eigenvalue weighted by atomic mass is 19.4. The van der Waals surface area contributed by atoms with Crippen LogP contribution in [0.25, 0.3) is 16.9 Å². The van der Waals surface area contributed by atoms with Crippen molar-refractivity contribution in [1.82, 2.24) is 19.9 Å². The molecule has 3 aromatic rings. The lowest BCUT2D eigenvalue weighted by atomic mass is 10.0. The fourth-order valence-corrected chi connectivity index (χ4v) is 3.81. The number of nitrogens with one attached hydrogen (secondary N) is 1. The summed E-state index contributed by atoms with van der Waals surface area (Å²) < 4.78 is 48.2. The van der Waals surface area contributed by atoms with Gasteiger partial charge >= 0.3 is 12.3 Å². The van der Waals surface area contributed by atoms with Crippen molar-refractivity contribution in [2.45, 2.75) is 38.6 Å². The number of halogens is 3. The molecule has 1 N–H and O–H groups in total. The summed E-state index contributed by atoms with van der Waals surface area (Å²) in [5, 5.41) is 6.65. The maximum absolute atomic E-state index is 13.8. The second-order valence-electron chi connectivity index (χ2n) is 8.77. The molecule has 0 spiro atoms. The molecule has 0 bridgehead atoms. The Kier molecular flexibility index (Phi) is 5.47. The van der Waals surface area contributed by atoms with Crippen molar-refractivity contribution in [3.63, 3.8) is 0 Å². The van der Waals surface area contributed by atoms with Crippen molar-refractivity contribution in [2.75, 3.05) is 18.0 Å². The predicted octanol–water partition coefficient (Wildman–Crippen LogP) is 4.29. The molecule has 0 saturated carbocycles. The molecule has 1 aliphatic rings. The third-order valence-corrected chi connectivity index (χ3v) is 5.18. The van der Waals surface area contributed by atoms with Gasteiger partial charge in [0.05, 0.1) is 23.9 Å². The van der Waals surface area contributed by atoms with E-state index in [9.17, 15) is 18.0 Å². The normalized spacial score (nSPS) is 19.4. The van der Waals surface area contributed by atoms with Gasteiger partial charge in [-0.05, 0) is 20.8 Å². The van der Waals surface area contributed by atoms with Crippen LogP contribution in [0.1, 0.15) is 20.8 Å². The number of anilines is 1. The molecule has 7 nitrogen and oxygen atoms in total. The van der Waals surface area contributed by atoms with Gasteiger partial charge in [0.25, 0.3) is 0 Å². The molecule has 0 aliphatic carbocycles. The molecular formula is C22H24F3N5O2. The zero-order valence-corrected chi connectivity index (χ0v) is 17.9. The number of fused-ring (bicyclic) bond motifs is 1. The summed E-state index contributed by atoms with van der Waals surface area (Å²) in [6.07, 6.45) is -3.82. The van der Waals surface area contributed by atoms with E-state index in [0.29, 0.717) is 17.2 Å². The lowest BCUT2D eigenvalue weighted by molar-refractivity contribution is -0.173. The van der Waals surface area contributed by atoms with Gasteiger partial charge in [0.15, 0.2) is 5.65 Å². The van der Waals surface area contributed by atoms with Crippen LogP contribution in [0.3, 0.4) is 0 Å². The SMILES string of the molecule is CC(C)(C)OC(=O)N[C@@H]1CN(c2cc(-c3ccccc3)nc3ccnn23)C[C@H]1C(F)(F)F. The van der Waals surface area contributed by atoms with E-state index in [-0.39, 0.29) is 13.1 Å². The van der Waals surface area contributed by atoms with Crippen LogP contribution in [0.15, 0.2) is 48.7 Å². The monoisotopic (exact) mass is 447 g/mol. The van der Waals surface area contributed by atoms with Gasteiger partial charge in [0.1, 0.15) is 11.4 Å². The maximum atomic E-state index is 13.8. The van der Waals surface area contributed by atoms with Crippen LogP contribution in [0.4, 0.5) is 23.8 Å². The van der Waals surface area contributed by atoms with Crippen molar-refractivity contribution >= 4 is 17.6 Å². The zero-order valence-electron chi connectivity index (χ0n) is 17.9. The van der Waals surface area contributed by atoms with E-state index in [4.69, 9.17) is 4.74 Å². The second kappa shape index (κ2) is 7.99. The lowest BCUT2D eigenvalue weighted by Crippen LogP contribution is -2.47. The summed E-state index contributed by atoms with van der Waals surface area (Å²) in [5.41, 5.74) is 1.18. The fourth-order valence-electron chi connectivity index (χ4n) is 3.81. The zero-order chi connectivity index (χ0) is 23.1. The lowest BCUT2D eigenvalue weighted by Gasteiger charge is -2.25. The van der Waals surface area contributed by atoms with Gasteiger partial charge in [-0.25, -0.2) is 9.78 Å². The minimum absolute atomic E-state index is 0.0450. The van der Waals surface area contributed by atoms with E-state index >= 15 is 0 Å². The van der Waals surface area contributed by atoms with Crippen LogP contribution in [-0.4, -0.2) is 51.6 Å². The van der Waals surface area contributed by atoms with Gasteiger partial charge in [0, 0.05) is 30.8 Å². The van der Waals surface area contributed by atoms with Crippen LogP contribution in [0.2, 0.25) is 0 Å². The molecule has 4 rings (SSSR count). The Bertz CT molecular complexity index is 1110. The quantitative estimate of drug-likeness (QED) is 0.649. The molecule has 10 heteroatoms. The number of hydrogen-bond donors (Lipinski definition) is 1. The Hall–Kier alpha value is -3.30. The molecule has 32 heavy (non-hydrogen) atoms. The number of rotatable bonds is 3. The molecule has 2 atom stereocenters. The summed E-state index contributed by atoms with van der Waals surface area (Å²) in [6.45, 7) is 4.61. The Balaban J connectivity index is 1.67. The third-order valence-electron chi connectivity index (χ3n) is 5.18. The molecule has 0 unspecified atom stereocenters. The first-order chi connectivity index (χ1) is 15.0. The Labute approximate surface area is 183 Å². The number of carbonyl (C=O) groups is 1. The Morgan fingerprint density at radius 2 is 1.84 bits per heavy atom. The number of carbonyl (C=O) groups excluding carboxylic acids is 1. The van der Waals surface area contributed by atoms with Gasteiger partial charge in [-0.2, -0.15) is 22.8 Å². The Morgan fingerprint density at radius 3 is 2.50 bits per heavy atom. The largest absolute Gasteiger partial charge is 0.444 e. The number of ether oxygens (including phenoxy) is 1. The number of aromatic nitrogens is 3. The van der Waals surface area contributed by atoms with Crippen molar-refractivity contribution in [2.24, 2.45) is 5.92 Å². The number of alkyl carbamates (subject to hydrolysis) is 1. The summed E-state index contributed by atoms with van der Waals surface area (Å²) >= 11 is 0. The number of benzene rings is 1. The average Bonchev–Trinajstić information content (AvgIpc) is 3.33. The van der Waals surface area contributed by atoms with Gasteiger partial charge in [-0.15, -0.1) is 0 Å². The third kappa shape index (κ3) is 4.63. The first-order valence-corrected chi connectivity index (χ1v) is 10.2. The van der Waals surface area contributed by atoms with Crippen LogP contribution in [-0.2, 0) is 4.74 Å². The summed E-state index contributed by atoms with van der Waals surface area (Å²) in [7, 11) is 0. The van der Waals surface area contributed by atoms with Crippen molar-refractivity contribution in [3.05, 3.63) is 48.7 Å². The van der Waals surface area contributed by atoms with Gasteiger partial charge in [-0.1, -0.05) is 30.3 Å². The van der Waals surface area contributed by atoms with E-state index in [2.05, 4.69) is 15.4 Å². The standard InChI is InChI=1S/C22H24F3N5O2/c1-21(2,3)32-20(31)28-17-13-29(12-15(17)22(23,24)25)19-11-16(14-7-5-4-6-8-14)27-18-9-10-26-30(18)19/h4-11,15,17H,12-13H2,1-3H3,(H,28,31)/t15-,17-/m1/s1. The average molecular weight is 447 g/mol. The van der Waals surface area contributed by atoms with E-state index < -0.39 is 29.8 Å². The number of amides is 1. The van der Waals surface area contributed by atoms with Crippen molar-refractivity contribution in [3.8, 4) is 11.3 Å². The second-order valence-corrected chi connectivity index (χ2v) is 8.77. The van der Waals surface area contributed by atoms with Crippen LogP contribution >= 0.6 is 0 Å². The Morgan fingerprint density at radius 1 is 1.12 bits per heavy atom. The summed E-state index contributed by atoms with van der Waals surface area (Å²) in [6, 6.07) is 11.6. The molecule has 170 valence electrons. The van der Waals surface area contributed by atoms with Crippen LogP contribution in [0.5, 0.6) is 0 Å². The van der Waals surface area contributed by atoms with E-state index in [1.165, 1.54) is 4.52 Å². The van der Waals surface area contributed by atoms with Gasteiger partial charge in [0.2, 0.25) is 0 Å². The molecule has 1 saturated heterocycles. The number of alkyl halides is 3. The van der Waals surface area contributed by atoms with Crippen LogP contribution in [0, 0.1) is 5.92 Å². The number of nitrogens with zero attached hydrogens (tertiary/aromatic N) is 4. The first-order valence-electron chi connectivity index (χ1n) is 10.2. The minimum Gasteiger partial charge on any atom is -0.444 e. The molecule has 0 radical (unpaired) electrons. The molecule has 1 fully saturated rings.